The van der Waals surface area contributed by atoms with E-state index in [4.69, 9.17) is 9.15 Å². The van der Waals surface area contributed by atoms with Crippen molar-refractivity contribution < 1.29 is 9.15 Å². The summed E-state index contributed by atoms with van der Waals surface area (Å²) in [5.74, 6) is 3.00. The molecule has 1 aromatic heterocycles. The van der Waals surface area contributed by atoms with Crippen molar-refractivity contribution in [2.24, 2.45) is 10.9 Å². The number of ether oxygens (including phenoxy) is 1. The fraction of sp³-hybridized carbons (Fsp3) is 0.545. The number of likely N-dealkylation sites (tertiary alicyclic amines) is 1. The molecule has 1 fully saturated rings. The summed E-state index contributed by atoms with van der Waals surface area (Å²) in [6.45, 7) is 10.3. The minimum absolute atomic E-state index is 0. The summed E-state index contributed by atoms with van der Waals surface area (Å²) in [7, 11) is 1.82. The average Bonchev–Trinajstić information content (AvgIpc) is 3.33. The van der Waals surface area contributed by atoms with E-state index in [1.807, 2.05) is 31.4 Å². The van der Waals surface area contributed by atoms with Gasteiger partial charge in [0.1, 0.15) is 5.76 Å². The van der Waals surface area contributed by atoms with Crippen LogP contribution in [0.25, 0.3) is 0 Å². The van der Waals surface area contributed by atoms with Crippen LogP contribution in [0.3, 0.4) is 0 Å². The number of aromatic nitrogens is 1. The molecule has 2 aromatic rings. The second-order valence-corrected chi connectivity index (χ2v) is 8.37. The highest BCUT2D eigenvalue weighted by Crippen LogP contribution is 2.22. The Morgan fingerprint density at radius 2 is 2.07 bits per heavy atom. The van der Waals surface area contributed by atoms with E-state index in [0.717, 1.165) is 37.8 Å². The smallest absolute Gasteiger partial charge is 0.213 e. The van der Waals surface area contributed by atoms with Crippen LogP contribution in [-0.2, 0) is 23.3 Å². The monoisotopic (exact) mass is 512 g/mol. The summed E-state index contributed by atoms with van der Waals surface area (Å²) < 4.78 is 11.8. The predicted molar refractivity (Wildman–Crippen MR) is 127 cm³/mol. The summed E-state index contributed by atoms with van der Waals surface area (Å²) >= 11 is 0. The molecule has 1 aromatic carbocycles. The van der Waals surface area contributed by atoms with E-state index < -0.39 is 0 Å². The van der Waals surface area contributed by atoms with E-state index >= 15 is 0 Å². The van der Waals surface area contributed by atoms with Crippen LogP contribution in [0.15, 0.2) is 45.9 Å². The quantitative estimate of drug-likeness (QED) is 0.357. The molecule has 29 heavy (non-hydrogen) atoms. The maximum absolute atomic E-state index is 5.92. The number of aliphatic imine (C=N–C) groups is 1. The number of nitrogens with zero attached hydrogens (tertiary/aromatic N) is 3. The van der Waals surface area contributed by atoms with Gasteiger partial charge in [-0.05, 0) is 12.0 Å². The second kappa shape index (κ2) is 11.0. The SMILES string of the molecule is CN=C(NCc1ncc(C(C)(C)C)o1)N1CCC(COCc2ccccc2)C1.I. The number of guanidine groups is 1. The zero-order valence-corrected chi connectivity index (χ0v) is 20.2. The summed E-state index contributed by atoms with van der Waals surface area (Å²) in [5.41, 5.74) is 1.19. The molecule has 0 radical (unpaired) electrons. The lowest BCUT2D eigenvalue weighted by Crippen LogP contribution is -2.39. The summed E-state index contributed by atoms with van der Waals surface area (Å²) in [6, 6.07) is 10.3. The summed E-state index contributed by atoms with van der Waals surface area (Å²) in [5, 5.41) is 3.37. The molecule has 2 heterocycles. The first-order chi connectivity index (χ1) is 13.5. The third-order valence-corrected chi connectivity index (χ3v) is 4.95. The van der Waals surface area contributed by atoms with E-state index in [-0.39, 0.29) is 29.4 Å². The van der Waals surface area contributed by atoms with Crippen molar-refractivity contribution in [1.82, 2.24) is 15.2 Å². The van der Waals surface area contributed by atoms with Crippen molar-refractivity contribution in [1.29, 1.82) is 0 Å². The highest BCUT2D eigenvalue weighted by atomic mass is 127. The number of halogens is 1. The first-order valence-corrected chi connectivity index (χ1v) is 9.98. The average molecular weight is 512 g/mol. The lowest BCUT2D eigenvalue weighted by molar-refractivity contribution is 0.0906. The van der Waals surface area contributed by atoms with Gasteiger partial charge in [0.05, 0.1) is 26.0 Å². The zero-order chi connectivity index (χ0) is 20.0. The van der Waals surface area contributed by atoms with Crippen molar-refractivity contribution in [2.75, 3.05) is 26.7 Å². The lowest BCUT2D eigenvalue weighted by Gasteiger charge is -2.21. The molecule has 0 aliphatic carbocycles. The van der Waals surface area contributed by atoms with Crippen LogP contribution in [-0.4, -0.2) is 42.6 Å². The number of oxazole rings is 1. The lowest BCUT2D eigenvalue weighted by atomic mass is 9.94. The Morgan fingerprint density at radius 1 is 1.31 bits per heavy atom. The number of rotatable bonds is 6. The number of hydrogen-bond donors (Lipinski definition) is 1. The van der Waals surface area contributed by atoms with Crippen molar-refractivity contribution >= 4 is 29.9 Å². The molecule has 3 rings (SSSR count). The van der Waals surface area contributed by atoms with Gasteiger partial charge in [0.2, 0.25) is 5.89 Å². The Bertz CT molecular complexity index is 771. The number of benzene rings is 1. The van der Waals surface area contributed by atoms with Crippen LogP contribution < -0.4 is 5.32 Å². The van der Waals surface area contributed by atoms with Crippen LogP contribution >= 0.6 is 24.0 Å². The van der Waals surface area contributed by atoms with Gasteiger partial charge < -0.3 is 19.4 Å². The minimum Gasteiger partial charge on any atom is -0.443 e. The normalized spacial score (nSPS) is 17.3. The molecule has 7 heteroatoms. The topological polar surface area (TPSA) is 62.9 Å². The summed E-state index contributed by atoms with van der Waals surface area (Å²) in [6.07, 6.45) is 2.93. The Kier molecular flexibility index (Phi) is 8.95. The largest absolute Gasteiger partial charge is 0.443 e. The Hall–Kier alpha value is -1.61. The molecule has 0 amide bonds. The highest BCUT2D eigenvalue weighted by Gasteiger charge is 2.25. The molecule has 1 aliphatic heterocycles. The van der Waals surface area contributed by atoms with E-state index in [2.05, 4.69) is 53.1 Å². The van der Waals surface area contributed by atoms with E-state index in [9.17, 15) is 0 Å². The van der Waals surface area contributed by atoms with Crippen LogP contribution in [0.1, 0.15) is 44.4 Å². The van der Waals surface area contributed by atoms with Crippen molar-refractivity contribution in [3.8, 4) is 0 Å². The molecule has 1 saturated heterocycles. The van der Waals surface area contributed by atoms with Crippen molar-refractivity contribution in [3.05, 3.63) is 53.7 Å². The first-order valence-electron chi connectivity index (χ1n) is 9.98. The number of nitrogens with one attached hydrogen (secondary N) is 1. The molecule has 6 nitrogen and oxygen atoms in total. The zero-order valence-electron chi connectivity index (χ0n) is 17.9. The van der Waals surface area contributed by atoms with Crippen LogP contribution in [0.2, 0.25) is 0 Å². The molecule has 0 bridgehead atoms. The fourth-order valence-electron chi connectivity index (χ4n) is 3.30. The number of hydrogen-bond acceptors (Lipinski definition) is 4. The first kappa shape index (κ1) is 23.7. The van der Waals surface area contributed by atoms with Crippen molar-refractivity contribution in [2.45, 2.75) is 45.8 Å². The van der Waals surface area contributed by atoms with Gasteiger partial charge >= 0.3 is 0 Å². The van der Waals surface area contributed by atoms with E-state index in [1.54, 1.807) is 0 Å². The van der Waals surface area contributed by atoms with Gasteiger partial charge in [-0.3, -0.25) is 4.99 Å². The van der Waals surface area contributed by atoms with Gasteiger partial charge in [-0.25, -0.2) is 4.98 Å². The van der Waals surface area contributed by atoms with Gasteiger partial charge in [-0.1, -0.05) is 51.1 Å². The van der Waals surface area contributed by atoms with Gasteiger partial charge in [-0.15, -0.1) is 24.0 Å². The van der Waals surface area contributed by atoms with Crippen LogP contribution in [0, 0.1) is 5.92 Å². The molecule has 160 valence electrons. The standard InChI is InChI=1S/C22H32N4O2.HI/c1-22(2,3)19-12-24-20(28-19)13-25-21(23-4)26-11-10-18(14-26)16-27-15-17-8-6-5-7-9-17;/h5-9,12,18H,10-11,13-16H2,1-4H3,(H,23,25);1H. The van der Waals surface area contributed by atoms with Gasteiger partial charge in [0.15, 0.2) is 5.96 Å². The molecule has 1 aliphatic rings. The summed E-state index contributed by atoms with van der Waals surface area (Å²) in [4.78, 5) is 11.1. The Labute approximate surface area is 191 Å². The predicted octanol–water partition coefficient (Wildman–Crippen LogP) is 4.20. The molecule has 1 atom stereocenters. The molecular formula is C22H33IN4O2. The van der Waals surface area contributed by atoms with E-state index in [0.29, 0.717) is 25.0 Å². The second-order valence-electron chi connectivity index (χ2n) is 8.37. The molecule has 1 N–H and O–H groups in total. The molecule has 0 saturated carbocycles. The molecule has 0 spiro atoms. The highest BCUT2D eigenvalue weighted by molar-refractivity contribution is 14.0. The molecule has 1 unspecified atom stereocenters. The van der Waals surface area contributed by atoms with Gasteiger partial charge in [0.25, 0.3) is 0 Å². The van der Waals surface area contributed by atoms with Gasteiger partial charge in [-0.2, -0.15) is 0 Å². The molecular weight excluding hydrogens is 479 g/mol. The Morgan fingerprint density at radius 3 is 2.72 bits per heavy atom. The van der Waals surface area contributed by atoms with Gasteiger partial charge in [0, 0.05) is 31.5 Å². The maximum Gasteiger partial charge on any atom is 0.213 e. The minimum atomic E-state index is -0.0329. The third-order valence-electron chi connectivity index (χ3n) is 4.95. The van der Waals surface area contributed by atoms with E-state index in [1.165, 1.54) is 5.56 Å². The third kappa shape index (κ3) is 6.99. The van der Waals surface area contributed by atoms with Crippen molar-refractivity contribution in [3.63, 3.8) is 0 Å². The Balaban J connectivity index is 0.00000300. The fourth-order valence-corrected chi connectivity index (χ4v) is 3.30. The van der Waals surface area contributed by atoms with Crippen LogP contribution in [0.4, 0.5) is 0 Å². The van der Waals surface area contributed by atoms with Crippen LogP contribution in [0.5, 0.6) is 0 Å². The maximum atomic E-state index is 5.92.